The first kappa shape index (κ1) is 15.3. The van der Waals surface area contributed by atoms with Crippen molar-refractivity contribution in [1.29, 1.82) is 0 Å². The molecule has 0 saturated heterocycles. The van der Waals surface area contributed by atoms with E-state index in [9.17, 15) is 22.7 Å². The molecule has 9 heteroatoms. The zero-order chi connectivity index (χ0) is 15.1. The van der Waals surface area contributed by atoms with Gasteiger partial charge in [-0.2, -0.15) is 17.6 Å². The summed E-state index contributed by atoms with van der Waals surface area (Å²) in [6.45, 7) is 0.144. The van der Waals surface area contributed by atoms with Gasteiger partial charge in [0.25, 0.3) is 0 Å². The molecule has 4 nitrogen and oxygen atoms in total. The summed E-state index contributed by atoms with van der Waals surface area (Å²) in [7, 11) is 1.59. The second kappa shape index (κ2) is 5.05. The van der Waals surface area contributed by atoms with E-state index >= 15 is 0 Å². The molecular formula is C11H10BrF4NO3. The Morgan fingerprint density at radius 2 is 1.70 bits per heavy atom. The maximum Gasteiger partial charge on any atom is 0.507 e. The van der Waals surface area contributed by atoms with Gasteiger partial charge in [0.2, 0.25) is 0 Å². The summed E-state index contributed by atoms with van der Waals surface area (Å²) in [6, 6.07) is 2.08. The Kier molecular flexibility index (Phi) is 3.87. The Labute approximate surface area is 119 Å². The molecule has 112 valence electrons. The van der Waals surface area contributed by atoms with E-state index < -0.39 is 29.8 Å². The molecule has 2 N–H and O–H groups in total. The van der Waals surface area contributed by atoms with Gasteiger partial charge in [0.15, 0.2) is 11.5 Å². The van der Waals surface area contributed by atoms with Gasteiger partial charge in [-0.3, -0.25) is 0 Å². The number of likely N-dealkylation sites (N-methyl/N-ethyl adjacent to an activating group) is 1. The molecule has 1 heterocycles. The molecule has 1 aliphatic rings. The number of benzene rings is 1. The lowest BCUT2D eigenvalue weighted by atomic mass is 10.1. The molecule has 20 heavy (non-hydrogen) atoms. The second-order valence-electron chi connectivity index (χ2n) is 4.13. The molecule has 0 bridgehead atoms. The Morgan fingerprint density at radius 1 is 1.20 bits per heavy atom. The van der Waals surface area contributed by atoms with Gasteiger partial charge in [-0.1, -0.05) is 15.9 Å². The van der Waals surface area contributed by atoms with Crippen molar-refractivity contribution in [3.8, 4) is 11.5 Å². The van der Waals surface area contributed by atoms with Crippen LogP contribution in [0.2, 0.25) is 0 Å². The van der Waals surface area contributed by atoms with Crippen LogP contribution in [0, 0.1) is 0 Å². The number of hydrogen-bond donors (Lipinski definition) is 2. The lowest BCUT2D eigenvalue weighted by molar-refractivity contribution is -0.391. The summed E-state index contributed by atoms with van der Waals surface area (Å²) in [5.74, 6) is -1.09. The highest BCUT2D eigenvalue weighted by atomic mass is 79.9. The number of aliphatic hydroxyl groups is 1. The van der Waals surface area contributed by atoms with Gasteiger partial charge in [-0.15, -0.1) is 0 Å². The van der Waals surface area contributed by atoms with Crippen LogP contribution in [-0.2, 0) is 0 Å². The minimum Gasteiger partial charge on any atom is -0.421 e. The molecule has 1 aromatic carbocycles. The van der Waals surface area contributed by atoms with Crippen LogP contribution in [0.5, 0.6) is 11.5 Å². The highest BCUT2D eigenvalue weighted by molar-refractivity contribution is 9.10. The van der Waals surface area contributed by atoms with Crippen LogP contribution in [-0.4, -0.2) is 30.9 Å². The Bertz CT molecular complexity index is 527. The quantitative estimate of drug-likeness (QED) is 0.814. The van der Waals surface area contributed by atoms with Crippen LogP contribution < -0.4 is 14.8 Å². The molecular weight excluding hydrogens is 350 g/mol. The third kappa shape index (κ3) is 2.57. The third-order valence-corrected chi connectivity index (χ3v) is 3.32. The lowest BCUT2D eigenvalue weighted by Crippen LogP contribution is -2.52. The molecule has 1 unspecified atom stereocenters. The second-order valence-corrected chi connectivity index (χ2v) is 4.99. The van der Waals surface area contributed by atoms with Crippen LogP contribution in [0.15, 0.2) is 16.6 Å². The van der Waals surface area contributed by atoms with Gasteiger partial charge in [-0.05, 0) is 24.7 Å². The van der Waals surface area contributed by atoms with Gasteiger partial charge >= 0.3 is 12.2 Å². The Morgan fingerprint density at radius 3 is 2.20 bits per heavy atom. The number of alkyl halides is 4. The Hall–Kier alpha value is -1.06. The number of hydrogen-bond acceptors (Lipinski definition) is 4. The predicted octanol–water partition coefficient (Wildman–Crippen LogP) is 2.66. The number of nitrogens with one attached hydrogen (secondary N) is 1. The summed E-state index contributed by atoms with van der Waals surface area (Å²) < 4.78 is 60.3. The predicted molar refractivity (Wildman–Crippen MR) is 64.2 cm³/mol. The standard InChI is InChI=1S/C11H10BrF4NO3/c1-17-4-7(18)5-2-8-9(3-6(5)12)20-11(15,16)10(13,14)19-8/h2-3,7,17-18H,4H2,1H3. The lowest BCUT2D eigenvalue weighted by Gasteiger charge is -2.32. The third-order valence-electron chi connectivity index (χ3n) is 2.63. The molecule has 2 rings (SSSR count). The topological polar surface area (TPSA) is 50.7 Å². The van der Waals surface area contributed by atoms with Gasteiger partial charge in [0.1, 0.15) is 0 Å². The molecule has 1 atom stereocenters. The van der Waals surface area contributed by atoms with E-state index in [-0.39, 0.29) is 16.6 Å². The SMILES string of the molecule is CNCC(O)c1cc2c(cc1Br)OC(F)(F)C(F)(F)O2. The van der Waals surface area contributed by atoms with Crippen LogP contribution in [0.3, 0.4) is 0 Å². The number of rotatable bonds is 3. The molecule has 0 radical (unpaired) electrons. The van der Waals surface area contributed by atoms with Crippen molar-refractivity contribution < 1.29 is 32.1 Å². The highest BCUT2D eigenvalue weighted by Gasteiger charge is 2.66. The molecule has 0 fully saturated rings. The molecule has 0 aromatic heterocycles. The molecule has 1 aliphatic heterocycles. The van der Waals surface area contributed by atoms with Crippen molar-refractivity contribution in [2.75, 3.05) is 13.6 Å². The van der Waals surface area contributed by atoms with E-state index in [1.165, 1.54) is 0 Å². The van der Waals surface area contributed by atoms with Crippen molar-refractivity contribution in [3.63, 3.8) is 0 Å². The first-order chi connectivity index (χ1) is 9.18. The van der Waals surface area contributed by atoms with E-state index in [1.807, 2.05) is 0 Å². The van der Waals surface area contributed by atoms with Gasteiger partial charge in [0.05, 0.1) is 6.10 Å². The van der Waals surface area contributed by atoms with Crippen molar-refractivity contribution in [2.24, 2.45) is 0 Å². The van der Waals surface area contributed by atoms with Gasteiger partial charge in [-0.25, -0.2) is 0 Å². The summed E-state index contributed by atoms with van der Waals surface area (Å²) >= 11 is 3.06. The number of aliphatic hydroxyl groups excluding tert-OH is 1. The zero-order valence-corrected chi connectivity index (χ0v) is 11.7. The van der Waals surface area contributed by atoms with Gasteiger partial charge in [0, 0.05) is 11.0 Å². The largest absolute Gasteiger partial charge is 0.507 e. The summed E-state index contributed by atoms with van der Waals surface area (Å²) in [4.78, 5) is 0. The van der Waals surface area contributed by atoms with E-state index in [2.05, 4.69) is 30.7 Å². The Balaban J connectivity index is 2.42. The van der Waals surface area contributed by atoms with E-state index in [0.29, 0.717) is 0 Å². The summed E-state index contributed by atoms with van der Waals surface area (Å²) in [6.07, 6.45) is -10.6. The molecule has 1 aromatic rings. The minimum atomic E-state index is -4.78. The van der Waals surface area contributed by atoms with E-state index in [1.54, 1.807) is 7.05 Å². The highest BCUT2D eigenvalue weighted by Crippen LogP contribution is 2.48. The number of halogens is 5. The van der Waals surface area contributed by atoms with Crippen molar-refractivity contribution in [3.05, 3.63) is 22.2 Å². The van der Waals surface area contributed by atoms with Crippen LogP contribution in [0.25, 0.3) is 0 Å². The number of fused-ring (bicyclic) bond motifs is 1. The normalized spacial score (nSPS) is 20.6. The summed E-state index contributed by atoms with van der Waals surface area (Å²) in [5.41, 5.74) is 0.211. The first-order valence-electron chi connectivity index (χ1n) is 5.47. The van der Waals surface area contributed by atoms with Crippen molar-refractivity contribution in [1.82, 2.24) is 5.32 Å². The van der Waals surface area contributed by atoms with Gasteiger partial charge < -0.3 is 19.9 Å². The van der Waals surface area contributed by atoms with E-state index in [0.717, 1.165) is 12.1 Å². The smallest absolute Gasteiger partial charge is 0.421 e. The fourth-order valence-electron chi connectivity index (χ4n) is 1.66. The first-order valence-corrected chi connectivity index (χ1v) is 6.27. The van der Waals surface area contributed by atoms with Crippen molar-refractivity contribution in [2.45, 2.75) is 18.3 Å². The maximum absolute atomic E-state index is 13.1. The molecule has 0 saturated carbocycles. The average Bonchev–Trinajstić information content (AvgIpc) is 2.30. The maximum atomic E-state index is 13.1. The van der Waals surface area contributed by atoms with E-state index in [4.69, 9.17) is 0 Å². The summed E-state index contributed by atoms with van der Waals surface area (Å²) in [5, 5.41) is 12.5. The van der Waals surface area contributed by atoms with Crippen LogP contribution in [0.4, 0.5) is 17.6 Å². The van der Waals surface area contributed by atoms with Crippen LogP contribution in [0.1, 0.15) is 11.7 Å². The monoisotopic (exact) mass is 359 g/mol. The minimum absolute atomic E-state index is 0.144. The molecule has 0 spiro atoms. The molecule has 0 aliphatic carbocycles. The average molecular weight is 360 g/mol. The molecule has 0 amide bonds. The number of ether oxygens (including phenoxy) is 2. The fraction of sp³-hybridized carbons (Fsp3) is 0.455. The zero-order valence-electron chi connectivity index (χ0n) is 10.1. The van der Waals surface area contributed by atoms with Crippen molar-refractivity contribution >= 4 is 15.9 Å². The fourth-order valence-corrected chi connectivity index (χ4v) is 2.25. The van der Waals surface area contributed by atoms with Crippen LogP contribution >= 0.6 is 15.9 Å².